The van der Waals surface area contributed by atoms with Crippen molar-refractivity contribution in [1.29, 1.82) is 0 Å². The average Bonchev–Trinajstić information content (AvgIpc) is 3.13. The van der Waals surface area contributed by atoms with Gasteiger partial charge in [0.15, 0.2) is 6.17 Å². The van der Waals surface area contributed by atoms with Crippen LogP contribution in [0, 0.1) is 0 Å². The summed E-state index contributed by atoms with van der Waals surface area (Å²) < 4.78 is 21.8. The summed E-state index contributed by atoms with van der Waals surface area (Å²) in [6, 6.07) is 8.33. The number of hydrogen-bond acceptors (Lipinski definition) is 6. The summed E-state index contributed by atoms with van der Waals surface area (Å²) in [5.74, 6) is 0.256. The molecule has 2 bridgehead atoms. The Morgan fingerprint density at radius 2 is 2.10 bits per heavy atom. The van der Waals surface area contributed by atoms with Crippen LogP contribution >= 0.6 is 0 Å². The normalized spacial score (nSPS) is 26.0. The van der Waals surface area contributed by atoms with Gasteiger partial charge in [0.2, 0.25) is 5.88 Å². The van der Waals surface area contributed by atoms with Crippen LogP contribution in [0.5, 0.6) is 11.6 Å². The number of ether oxygens (including phenoxy) is 1. The lowest BCUT2D eigenvalue weighted by atomic mass is 10.0. The maximum atomic E-state index is 14.5. The summed E-state index contributed by atoms with van der Waals surface area (Å²) in [5, 5.41) is 23.0. The monoisotopic (exact) mass is 396 g/mol. The number of pyridine rings is 1. The Balaban J connectivity index is 1.42. The van der Waals surface area contributed by atoms with E-state index in [1.165, 1.54) is 10.6 Å². The van der Waals surface area contributed by atoms with E-state index in [0.29, 0.717) is 34.5 Å². The number of fused-ring (bicyclic) bond motifs is 3. The van der Waals surface area contributed by atoms with Crippen LogP contribution in [-0.2, 0) is 7.05 Å². The number of phenolic OH excluding ortho intramolecular Hbond substituents is 1. The smallest absolute Gasteiger partial charge is 0.258 e. The predicted molar refractivity (Wildman–Crippen MR) is 106 cm³/mol. The molecule has 7 nitrogen and oxygen atoms in total. The van der Waals surface area contributed by atoms with Gasteiger partial charge in [0.1, 0.15) is 11.9 Å². The summed E-state index contributed by atoms with van der Waals surface area (Å²) >= 11 is 0. The molecule has 0 radical (unpaired) electrons. The lowest BCUT2D eigenvalue weighted by Crippen LogP contribution is -2.51. The number of halogens is 1. The maximum Gasteiger partial charge on any atom is 0.258 e. The number of benzene rings is 1. The zero-order valence-electron chi connectivity index (χ0n) is 15.9. The number of piperidine rings is 1. The highest BCUT2D eigenvalue weighted by Gasteiger charge is 2.43. The number of rotatable bonds is 3. The maximum absolute atomic E-state index is 14.5. The fourth-order valence-electron chi connectivity index (χ4n) is 4.33. The molecule has 5 rings (SSSR count). The molecule has 2 aromatic heterocycles. The van der Waals surface area contributed by atoms with Crippen LogP contribution < -0.4 is 15.6 Å². The van der Waals surface area contributed by atoms with E-state index in [1.54, 1.807) is 37.5 Å². The molecular formula is C21H21FN4O3. The van der Waals surface area contributed by atoms with Crippen LogP contribution in [0.4, 0.5) is 4.39 Å². The van der Waals surface area contributed by atoms with Gasteiger partial charge in [-0.05, 0) is 42.5 Å². The third-order valence-electron chi connectivity index (χ3n) is 5.92. The molecule has 150 valence electrons. The van der Waals surface area contributed by atoms with Crippen molar-refractivity contribution in [3.8, 4) is 22.9 Å². The van der Waals surface area contributed by atoms with Crippen LogP contribution in [-0.4, -0.2) is 44.2 Å². The van der Waals surface area contributed by atoms with Gasteiger partial charge in [0, 0.05) is 48.8 Å². The topological polar surface area (TPSA) is 89.3 Å². The van der Waals surface area contributed by atoms with Crippen molar-refractivity contribution in [3.05, 3.63) is 46.9 Å². The van der Waals surface area contributed by atoms with Crippen LogP contribution in [0.15, 0.2) is 41.3 Å². The van der Waals surface area contributed by atoms with Crippen molar-refractivity contribution in [2.24, 2.45) is 7.05 Å². The minimum Gasteiger partial charge on any atom is -0.507 e. The van der Waals surface area contributed by atoms with Crippen LogP contribution in [0.1, 0.15) is 19.3 Å². The fourth-order valence-corrected chi connectivity index (χ4v) is 4.33. The average molecular weight is 396 g/mol. The molecule has 1 aromatic carbocycles. The van der Waals surface area contributed by atoms with Gasteiger partial charge in [-0.25, -0.2) is 4.39 Å². The third kappa shape index (κ3) is 3.13. The molecular weight excluding hydrogens is 375 g/mol. The van der Waals surface area contributed by atoms with Crippen molar-refractivity contribution in [2.45, 2.75) is 43.6 Å². The van der Waals surface area contributed by atoms with E-state index in [4.69, 9.17) is 4.74 Å². The van der Waals surface area contributed by atoms with Gasteiger partial charge >= 0.3 is 0 Å². The Morgan fingerprint density at radius 1 is 1.24 bits per heavy atom. The van der Waals surface area contributed by atoms with Gasteiger partial charge in [0.25, 0.3) is 5.56 Å². The molecule has 4 heterocycles. The number of hydrogen-bond donors (Lipinski definition) is 2. The van der Waals surface area contributed by atoms with Gasteiger partial charge in [0.05, 0.1) is 5.69 Å². The van der Waals surface area contributed by atoms with E-state index >= 15 is 0 Å². The molecule has 0 spiro atoms. The highest BCUT2D eigenvalue weighted by Crippen LogP contribution is 2.33. The van der Waals surface area contributed by atoms with E-state index in [2.05, 4.69) is 15.5 Å². The molecule has 2 N–H and O–H groups in total. The lowest BCUT2D eigenvalue weighted by Gasteiger charge is -2.32. The Kier molecular flexibility index (Phi) is 4.24. The number of nitrogens with zero attached hydrogens (tertiary/aromatic N) is 3. The minimum absolute atomic E-state index is 0.00692. The first kappa shape index (κ1) is 18.1. The molecule has 2 saturated heterocycles. The first-order valence-electron chi connectivity index (χ1n) is 9.73. The molecule has 2 fully saturated rings. The van der Waals surface area contributed by atoms with E-state index in [1.807, 2.05) is 0 Å². The predicted octanol–water partition coefficient (Wildman–Crippen LogP) is 2.31. The number of phenols is 1. The van der Waals surface area contributed by atoms with Crippen LogP contribution in [0.3, 0.4) is 0 Å². The van der Waals surface area contributed by atoms with Crippen molar-refractivity contribution in [3.63, 3.8) is 0 Å². The van der Waals surface area contributed by atoms with E-state index in [9.17, 15) is 14.3 Å². The Labute approximate surface area is 166 Å². The summed E-state index contributed by atoms with van der Waals surface area (Å²) in [7, 11) is 1.67. The Hall–Kier alpha value is -3.00. The molecule has 29 heavy (non-hydrogen) atoms. The largest absolute Gasteiger partial charge is 0.507 e. The number of nitrogens with one attached hydrogen (secondary N) is 1. The lowest BCUT2D eigenvalue weighted by molar-refractivity contribution is 0.0422. The number of aryl methyl sites for hydroxylation is 1. The molecule has 8 heteroatoms. The number of alkyl halides is 1. The second kappa shape index (κ2) is 6.81. The molecule has 3 aromatic rings. The van der Waals surface area contributed by atoms with Crippen LogP contribution in [0.25, 0.3) is 22.0 Å². The summed E-state index contributed by atoms with van der Waals surface area (Å²) in [6.45, 7) is 0. The second-order valence-corrected chi connectivity index (χ2v) is 7.83. The standard InChI is InChI=1S/C21H21FN4O3/c1-26-7-6-11-8-17(27)14(10-13(11)21(26)28)15-4-5-19(25-24-15)29-18-9-12-2-3-16(23-12)20(18)22/h4-8,10,12,16,18,20,23,27H,2-3,9H2,1H3/t12-,16+,18-,20+/m1/s1. The fraction of sp³-hybridized carbons (Fsp3) is 0.381. The summed E-state index contributed by atoms with van der Waals surface area (Å²) in [6.07, 6.45) is 2.45. The third-order valence-corrected chi connectivity index (χ3v) is 5.92. The van der Waals surface area contributed by atoms with Crippen LogP contribution in [0.2, 0.25) is 0 Å². The second-order valence-electron chi connectivity index (χ2n) is 7.83. The molecule has 0 unspecified atom stereocenters. The van der Waals surface area contributed by atoms with E-state index in [0.717, 1.165) is 12.8 Å². The van der Waals surface area contributed by atoms with Crippen molar-refractivity contribution in [2.75, 3.05) is 0 Å². The zero-order chi connectivity index (χ0) is 20.1. The van der Waals surface area contributed by atoms with Gasteiger partial charge in [-0.1, -0.05) is 0 Å². The molecule has 4 atom stereocenters. The first-order valence-corrected chi connectivity index (χ1v) is 9.73. The van der Waals surface area contributed by atoms with Gasteiger partial charge in [-0.3, -0.25) is 4.79 Å². The summed E-state index contributed by atoms with van der Waals surface area (Å²) in [4.78, 5) is 12.4. The van der Waals surface area contributed by atoms with Gasteiger partial charge in [-0.2, -0.15) is 0 Å². The van der Waals surface area contributed by atoms with Gasteiger partial charge in [-0.15, -0.1) is 10.2 Å². The molecule has 0 saturated carbocycles. The van der Waals surface area contributed by atoms with Crippen molar-refractivity contribution >= 4 is 10.8 Å². The zero-order valence-corrected chi connectivity index (χ0v) is 15.9. The molecule has 0 aliphatic carbocycles. The van der Waals surface area contributed by atoms with Crippen molar-refractivity contribution < 1.29 is 14.2 Å². The van der Waals surface area contributed by atoms with Crippen molar-refractivity contribution in [1.82, 2.24) is 20.1 Å². The molecule has 2 aliphatic heterocycles. The highest BCUT2D eigenvalue weighted by molar-refractivity contribution is 5.89. The van der Waals surface area contributed by atoms with Gasteiger partial charge < -0.3 is 19.7 Å². The minimum atomic E-state index is -1.07. The molecule has 2 aliphatic rings. The summed E-state index contributed by atoms with van der Waals surface area (Å²) in [5.41, 5.74) is 0.652. The van der Waals surface area contributed by atoms with E-state index in [-0.39, 0.29) is 23.2 Å². The number of aromatic hydroxyl groups is 1. The molecule has 0 amide bonds. The number of aromatic nitrogens is 3. The highest BCUT2D eigenvalue weighted by atomic mass is 19.1. The Bertz CT molecular complexity index is 1130. The quantitative estimate of drug-likeness (QED) is 0.706. The Morgan fingerprint density at radius 3 is 2.90 bits per heavy atom. The first-order chi connectivity index (χ1) is 14.0. The van der Waals surface area contributed by atoms with E-state index < -0.39 is 12.3 Å². The SMILES string of the molecule is Cn1ccc2cc(O)c(-c3ccc(O[C@@H]4C[C@H]5CC[C@H](N5)[C@@H]4F)nn3)cc2c1=O.